The number of anilines is 1. The molecule has 154 valence electrons. The van der Waals surface area contributed by atoms with Crippen LogP contribution in [0.4, 0.5) is 5.69 Å². The van der Waals surface area contributed by atoms with Gasteiger partial charge in [0.2, 0.25) is 6.10 Å². The average Bonchev–Trinajstić information content (AvgIpc) is 3.04. The molecular weight excluding hydrogens is 378 g/mol. The first kappa shape index (κ1) is 19.7. The van der Waals surface area contributed by atoms with Crippen LogP contribution in [0.1, 0.15) is 0 Å². The van der Waals surface area contributed by atoms with Crippen LogP contribution in [-0.4, -0.2) is 67.1 Å². The van der Waals surface area contributed by atoms with Crippen molar-refractivity contribution in [2.24, 2.45) is 0 Å². The van der Waals surface area contributed by atoms with E-state index >= 15 is 0 Å². The molecule has 8 nitrogen and oxygen atoms in total. The number of hydrogen-bond donors (Lipinski definition) is 2. The van der Waals surface area contributed by atoms with E-state index in [1.807, 2.05) is 6.07 Å². The Morgan fingerprint density at radius 3 is 2.21 bits per heavy atom. The number of hydrogen-bond acceptors (Lipinski definition) is 7. The molecule has 2 aromatic rings. The van der Waals surface area contributed by atoms with Crippen LogP contribution in [0.25, 0.3) is 0 Å². The lowest BCUT2D eigenvalue weighted by atomic mass is 9.88. The van der Waals surface area contributed by atoms with E-state index < -0.39 is 36.7 Å². The number of para-hydroxylation sites is 1. The molecule has 0 aromatic heterocycles. The standard InChI is InChI=1S/C21H23NO7/c1-26-13-10-8-12(9-11-13)22-15(18-16(23)17(24)21(27-2)29-18)19(20(22)25)28-14-6-4-3-5-7-14/h3-11,15-19,21,23-24H,1-2H3/t15-,16-,17-,18-,19+,21?/m1/s1. The van der Waals surface area contributed by atoms with Crippen LogP contribution in [0.15, 0.2) is 54.6 Å². The number of carbonyl (C=O) groups excluding carboxylic acids is 1. The van der Waals surface area contributed by atoms with Crippen molar-refractivity contribution in [2.75, 3.05) is 19.1 Å². The van der Waals surface area contributed by atoms with Gasteiger partial charge in [0, 0.05) is 12.8 Å². The van der Waals surface area contributed by atoms with E-state index in [0.717, 1.165) is 0 Å². The number of amides is 1. The third kappa shape index (κ3) is 3.44. The highest BCUT2D eigenvalue weighted by atomic mass is 16.7. The second kappa shape index (κ2) is 8.00. The van der Waals surface area contributed by atoms with Gasteiger partial charge < -0.3 is 29.2 Å². The van der Waals surface area contributed by atoms with Crippen molar-refractivity contribution in [2.45, 2.75) is 36.7 Å². The molecule has 0 radical (unpaired) electrons. The third-order valence-corrected chi connectivity index (χ3v) is 5.27. The monoisotopic (exact) mass is 401 g/mol. The molecule has 2 aromatic carbocycles. The Balaban J connectivity index is 1.64. The summed E-state index contributed by atoms with van der Waals surface area (Å²) in [5.41, 5.74) is 0.611. The van der Waals surface area contributed by atoms with Crippen molar-refractivity contribution in [3.8, 4) is 11.5 Å². The summed E-state index contributed by atoms with van der Waals surface area (Å²) in [5.74, 6) is 0.916. The number of carbonyl (C=O) groups is 1. The number of benzene rings is 2. The van der Waals surface area contributed by atoms with Crippen LogP contribution in [0.2, 0.25) is 0 Å². The third-order valence-electron chi connectivity index (χ3n) is 5.27. The van der Waals surface area contributed by atoms with Gasteiger partial charge in [-0.25, -0.2) is 0 Å². The second-order valence-corrected chi connectivity index (χ2v) is 6.93. The van der Waals surface area contributed by atoms with E-state index in [2.05, 4.69) is 0 Å². The molecule has 6 atom stereocenters. The van der Waals surface area contributed by atoms with Gasteiger partial charge in [0.05, 0.1) is 7.11 Å². The van der Waals surface area contributed by atoms with Crippen LogP contribution in [0.5, 0.6) is 11.5 Å². The van der Waals surface area contributed by atoms with E-state index in [1.165, 1.54) is 12.0 Å². The Hall–Kier alpha value is -2.65. The van der Waals surface area contributed by atoms with Gasteiger partial charge in [-0.3, -0.25) is 9.69 Å². The van der Waals surface area contributed by atoms with Gasteiger partial charge in [0.25, 0.3) is 5.91 Å². The van der Waals surface area contributed by atoms with Crippen LogP contribution in [0.3, 0.4) is 0 Å². The summed E-state index contributed by atoms with van der Waals surface area (Å²) >= 11 is 0. The number of methoxy groups -OCH3 is 2. The minimum absolute atomic E-state index is 0.268. The zero-order chi connectivity index (χ0) is 20.5. The summed E-state index contributed by atoms with van der Waals surface area (Å²) in [7, 11) is 2.94. The lowest BCUT2D eigenvalue weighted by molar-refractivity contribution is -0.165. The van der Waals surface area contributed by atoms with Crippen LogP contribution in [0, 0.1) is 0 Å². The summed E-state index contributed by atoms with van der Waals surface area (Å²) in [6.45, 7) is 0. The predicted octanol–water partition coefficient (Wildman–Crippen LogP) is 0.951. The SMILES string of the molecule is COc1ccc(N2C(=O)[C@@H](Oc3ccccc3)[C@H]2[C@H]2OC(OC)[C@H](O)[C@H]2O)cc1. The van der Waals surface area contributed by atoms with Gasteiger partial charge in [0.1, 0.15) is 35.9 Å². The molecule has 8 heteroatoms. The zero-order valence-corrected chi connectivity index (χ0v) is 16.0. The van der Waals surface area contributed by atoms with Gasteiger partial charge in [-0.05, 0) is 36.4 Å². The van der Waals surface area contributed by atoms with Crippen molar-refractivity contribution in [3.63, 3.8) is 0 Å². The van der Waals surface area contributed by atoms with E-state index in [1.54, 1.807) is 55.6 Å². The zero-order valence-electron chi connectivity index (χ0n) is 16.0. The van der Waals surface area contributed by atoms with Gasteiger partial charge in [-0.1, -0.05) is 18.2 Å². The van der Waals surface area contributed by atoms with Crippen LogP contribution < -0.4 is 14.4 Å². The molecule has 0 saturated carbocycles. The first-order chi connectivity index (χ1) is 14.0. The molecule has 29 heavy (non-hydrogen) atoms. The van der Waals surface area contributed by atoms with Crippen molar-refractivity contribution >= 4 is 11.6 Å². The topological polar surface area (TPSA) is 97.7 Å². The van der Waals surface area contributed by atoms with Gasteiger partial charge >= 0.3 is 0 Å². The Bertz CT molecular complexity index is 844. The fourth-order valence-corrected chi connectivity index (χ4v) is 3.76. The summed E-state index contributed by atoms with van der Waals surface area (Å²) in [5, 5.41) is 20.7. The van der Waals surface area contributed by atoms with Crippen molar-refractivity contribution in [1.82, 2.24) is 0 Å². The molecule has 2 aliphatic rings. The first-order valence-corrected chi connectivity index (χ1v) is 9.28. The van der Waals surface area contributed by atoms with Crippen molar-refractivity contribution in [3.05, 3.63) is 54.6 Å². The van der Waals surface area contributed by atoms with E-state index in [4.69, 9.17) is 18.9 Å². The van der Waals surface area contributed by atoms with Crippen molar-refractivity contribution < 1.29 is 34.0 Å². The average molecular weight is 401 g/mol. The molecule has 0 bridgehead atoms. The number of aliphatic hydroxyl groups excluding tert-OH is 2. The van der Waals surface area contributed by atoms with Crippen LogP contribution in [-0.2, 0) is 14.3 Å². The molecule has 1 unspecified atom stereocenters. The van der Waals surface area contributed by atoms with E-state index in [0.29, 0.717) is 17.2 Å². The lowest BCUT2D eigenvalue weighted by Gasteiger charge is -2.49. The molecule has 2 aliphatic heterocycles. The predicted molar refractivity (Wildman–Crippen MR) is 103 cm³/mol. The molecule has 2 saturated heterocycles. The lowest BCUT2D eigenvalue weighted by Crippen LogP contribution is -2.73. The number of rotatable bonds is 6. The summed E-state index contributed by atoms with van der Waals surface area (Å²) in [6, 6.07) is 15.3. The molecule has 2 heterocycles. The van der Waals surface area contributed by atoms with Crippen LogP contribution >= 0.6 is 0 Å². The molecule has 0 spiro atoms. The Kier molecular flexibility index (Phi) is 5.42. The maximum atomic E-state index is 13.0. The highest BCUT2D eigenvalue weighted by Crippen LogP contribution is 2.38. The fourth-order valence-electron chi connectivity index (χ4n) is 3.76. The summed E-state index contributed by atoms with van der Waals surface area (Å²) in [6.07, 6.45) is -5.21. The molecule has 2 fully saturated rings. The van der Waals surface area contributed by atoms with Gasteiger partial charge in [0.15, 0.2) is 6.29 Å². The quantitative estimate of drug-likeness (QED) is 0.696. The maximum Gasteiger partial charge on any atom is 0.270 e. The second-order valence-electron chi connectivity index (χ2n) is 6.93. The van der Waals surface area contributed by atoms with E-state index in [9.17, 15) is 15.0 Å². The van der Waals surface area contributed by atoms with Crippen molar-refractivity contribution in [1.29, 1.82) is 0 Å². The Morgan fingerprint density at radius 1 is 0.931 bits per heavy atom. The minimum atomic E-state index is -1.24. The number of β-lactam (4-membered cyclic amide) rings is 1. The highest BCUT2D eigenvalue weighted by Gasteiger charge is 2.60. The molecular formula is C21H23NO7. The Morgan fingerprint density at radius 2 is 1.62 bits per heavy atom. The fraction of sp³-hybridized carbons (Fsp3) is 0.381. The smallest absolute Gasteiger partial charge is 0.270 e. The molecule has 0 aliphatic carbocycles. The highest BCUT2D eigenvalue weighted by molar-refractivity contribution is 6.05. The molecule has 2 N–H and O–H groups in total. The number of aliphatic hydroxyl groups is 2. The molecule has 1 amide bonds. The van der Waals surface area contributed by atoms with Gasteiger partial charge in [-0.2, -0.15) is 0 Å². The summed E-state index contributed by atoms with van der Waals surface area (Å²) < 4.78 is 21.9. The van der Waals surface area contributed by atoms with E-state index in [-0.39, 0.29) is 5.91 Å². The first-order valence-electron chi connectivity index (χ1n) is 9.28. The normalized spacial score (nSPS) is 31.4. The Labute approximate surface area is 168 Å². The largest absolute Gasteiger partial charge is 0.497 e. The number of nitrogens with zero attached hydrogens (tertiary/aromatic N) is 1. The minimum Gasteiger partial charge on any atom is -0.497 e. The maximum absolute atomic E-state index is 13.0. The number of ether oxygens (including phenoxy) is 4. The summed E-state index contributed by atoms with van der Waals surface area (Å²) in [4.78, 5) is 14.5. The molecule has 4 rings (SSSR count). The van der Waals surface area contributed by atoms with Gasteiger partial charge in [-0.15, -0.1) is 0 Å².